The van der Waals surface area contributed by atoms with Crippen LogP contribution in [0.5, 0.6) is 0 Å². The average Bonchev–Trinajstić information content (AvgIpc) is 3.33. The topological polar surface area (TPSA) is 68.5 Å². The van der Waals surface area contributed by atoms with E-state index >= 15 is 0 Å². The van der Waals surface area contributed by atoms with Gasteiger partial charge in [-0.25, -0.2) is 14.8 Å². The number of hydrogen-bond donors (Lipinski definition) is 0. The van der Waals surface area contributed by atoms with Gasteiger partial charge in [-0.1, -0.05) is 12.1 Å². The molecule has 6 nitrogen and oxygen atoms in total. The number of aromatic nitrogens is 2. The maximum Gasteiger partial charge on any atom is 0.360 e. The van der Waals surface area contributed by atoms with Gasteiger partial charge in [0.05, 0.1) is 29.9 Å². The van der Waals surface area contributed by atoms with Crippen molar-refractivity contribution >= 4 is 27.5 Å². The second-order valence-electron chi connectivity index (χ2n) is 5.77. The number of likely N-dealkylation sites (tertiary alicyclic amines) is 1. The molecule has 1 aromatic carbocycles. The minimum Gasteiger partial charge on any atom is -0.464 e. The Morgan fingerprint density at radius 3 is 3.12 bits per heavy atom. The summed E-state index contributed by atoms with van der Waals surface area (Å²) < 4.78 is 11.3. The second-order valence-corrected chi connectivity index (χ2v) is 6.83. The molecule has 7 heteroatoms. The quantitative estimate of drug-likeness (QED) is 0.676. The molecule has 4 rings (SSSR count). The number of nitrogens with zero attached hydrogens (tertiary/aromatic N) is 3. The van der Waals surface area contributed by atoms with Gasteiger partial charge in [0.25, 0.3) is 0 Å². The van der Waals surface area contributed by atoms with Gasteiger partial charge in [-0.2, -0.15) is 0 Å². The maximum atomic E-state index is 11.5. The highest BCUT2D eigenvalue weighted by atomic mass is 32.1. The fourth-order valence-electron chi connectivity index (χ4n) is 3.08. The first-order valence-electron chi connectivity index (χ1n) is 7.87. The molecule has 2 aromatic heterocycles. The van der Waals surface area contributed by atoms with Crippen LogP contribution < -0.4 is 0 Å². The lowest BCUT2D eigenvalue weighted by Crippen LogP contribution is -2.23. The van der Waals surface area contributed by atoms with Crippen LogP contribution in [0, 0.1) is 0 Å². The molecule has 1 fully saturated rings. The molecule has 24 heavy (non-hydrogen) atoms. The first-order valence-corrected chi connectivity index (χ1v) is 8.68. The standard InChI is InChI=1S/C17H17N3O3S/c1-22-17(21)12-10-23-15(18-12)9-20-8-4-6-13(20)16-19-11-5-2-3-7-14(11)24-16/h2-3,5,7,10,13H,4,6,8-9H2,1H3. The van der Waals surface area contributed by atoms with Crippen molar-refractivity contribution in [3.8, 4) is 0 Å². The van der Waals surface area contributed by atoms with E-state index in [9.17, 15) is 4.79 Å². The van der Waals surface area contributed by atoms with Gasteiger partial charge < -0.3 is 9.15 Å². The molecular weight excluding hydrogens is 326 g/mol. The number of carbonyl (C=O) groups is 1. The van der Waals surface area contributed by atoms with Gasteiger partial charge in [0, 0.05) is 0 Å². The van der Waals surface area contributed by atoms with Crippen LogP contribution in [-0.4, -0.2) is 34.5 Å². The van der Waals surface area contributed by atoms with Crippen LogP contribution in [0.1, 0.15) is 40.3 Å². The number of ether oxygens (including phenoxy) is 1. The van der Waals surface area contributed by atoms with E-state index in [0.29, 0.717) is 12.4 Å². The predicted molar refractivity (Wildman–Crippen MR) is 89.8 cm³/mol. The van der Waals surface area contributed by atoms with Crippen LogP contribution in [-0.2, 0) is 11.3 Å². The Morgan fingerprint density at radius 1 is 1.42 bits per heavy atom. The summed E-state index contributed by atoms with van der Waals surface area (Å²) in [6.07, 6.45) is 3.54. The fraction of sp³-hybridized carbons (Fsp3) is 0.353. The molecule has 0 aliphatic carbocycles. The Balaban J connectivity index is 1.54. The lowest BCUT2D eigenvalue weighted by molar-refractivity contribution is 0.0594. The van der Waals surface area contributed by atoms with E-state index in [2.05, 4.69) is 20.7 Å². The molecule has 1 atom stereocenters. The molecule has 0 spiro atoms. The van der Waals surface area contributed by atoms with Gasteiger partial charge in [-0.3, -0.25) is 4.90 Å². The smallest absolute Gasteiger partial charge is 0.360 e. The molecule has 1 unspecified atom stereocenters. The minimum absolute atomic E-state index is 0.211. The maximum absolute atomic E-state index is 11.5. The van der Waals surface area contributed by atoms with Crippen molar-refractivity contribution in [2.24, 2.45) is 0 Å². The van der Waals surface area contributed by atoms with Crippen molar-refractivity contribution in [2.75, 3.05) is 13.7 Å². The molecule has 1 aliphatic rings. The number of oxazole rings is 1. The second kappa shape index (κ2) is 6.33. The molecule has 1 saturated heterocycles. The van der Waals surface area contributed by atoms with Crippen molar-refractivity contribution in [3.05, 3.63) is 47.1 Å². The number of esters is 1. The monoisotopic (exact) mass is 343 g/mol. The third kappa shape index (κ3) is 2.81. The van der Waals surface area contributed by atoms with Crippen LogP contribution in [0.15, 0.2) is 34.9 Å². The Hall–Kier alpha value is -2.25. The van der Waals surface area contributed by atoms with Gasteiger partial charge in [-0.05, 0) is 31.5 Å². The van der Waals surface area contributed by atoms with E-state index in [4.69, 9.17) is 9.40 Å². The van der Waals surface area contributed by atoms with Crippen molar-refractivity contribution in [3.63, 3.8) is 0 Å². The normalized spacial score (nSPS) is 18.3. The van der Waals surface area contributed by atoms with Crippen LogP contribution in [0.25, 0.3) is 10.2 Å². The number of benzene rings is 1. The Kier molecular flexibility index (Phi) is 4.03. The van der Waals surface area contributed by atoms with Gasteiger partial charge in [0.2, 0.25) is 5.89 Å². The van der Waals surface area contributed by atoms with Crippen LogP contribution >= 0.6 is 11.3 Å². The van der Waals surface area contributed by atoms with Crippen molar-refractivity contribution in [1.82, 2.24) is 14.9 Å². The summed E-state index contributed by atoms with van der Waals surface area (Å²) in [6.45, 7) is 1.54. The van der Waals surface area contributed by atoms with Gasteiger partial charge in [-0.15, -0.1) is 11.3 Å². The van der Waals surface area contributed by atoms with Gasteiger partial charge >= 0.3 is 5.97 Å². The Bertz CT molecular complexity index is 840. The summed E-state index contributed by atoms with van der Waals surface area (Å²) in [6, 6.07) is 8.48. The zero-order chi connectivity index (χ0) is 16.5. The molecule has 124 valence electrons. The van der Waals surface area contributed by atoms with E-state index in [-0.39, 0.29) is 11.7 Å². The SMILES string of the molecule is COC(=O)c1coc(CN2CCCC2c2nc3ccccc3s2)n1. The molecule has 0 saturated carbocycles. The molecule has 0 N–H and O–H groups in total. The average molecular weight is 343 g/mol. The van der Waals surface area contributed by atoms with Crippen molar-refractivity contribution in [2.45, 2.75) is 25.4 Å². The molecule has 3 heterocycles. The highest BCUT2D eigenvalue weighted by molar-refractivity contribution is 7.18. The van der Waals surface area contributed by atoms with Crippen LogP contribution in [0.2, 0.25) is 0 Å². The number of rotatable bonds is 4. The number of thiazole rings is 1. The lowest BCUT2D eigenvalue weighted by atomic mass is 10.2. The van der Waals surface area contributed by atoms with Gasteiger partial charge in [0.15, 0.2) is 5.69 Å². The number of methoxy groups -OCH3 is 1. The lowest BCUT2D eigenvalue weighted by Gasteiger charge is -2.20. The third-order valence-electron chi connectivity index (χ3n) is 4.24. The van der Waals surface area contributed by atoms with E-state index in [1.807, 2.05) is 18.2 Å². The molecule has 3 aromatic rings. The Labute approximate surface area is 143 Å². The molecular formula is C17H17N3O3S. The number of hydrogen-bond acceptors (Lipinski definition) is 7. The van der Waals surface area contributed by atoms with E-state index in [1.54, 1.807) is 11.3 Å². The van der Waals surface area contributed by atoms with Gasteiger partial charge in [0.1, 0.15) is 11.3 Å². The Morgan fingerprint density at radius 2 is 2.29 bits per heavy atom. The fourth-order valence-corrected chi connectivity index (χ4v) is 4.22. The van der Waals surface area contributed by atoms with E-state index < -0.39 is 5.97 Å². The highest BCUT2D eigenvalue weighted by Crippen LogP contribution is 2.37. The summed E-state index contributed by atoms with van der Waals surface area (Å²) in [5.74, 6) is 0.0533. The summed E-state index contributed by atoms with van der Waals surface area (Å²) >= 11 is 1.74. The third-order valence-corrected chi connectivity index (χ3v) is 5.38. The summed E-state index contributed by atoms with van der Waals surface area (Å²) in [4.78, 5) is 22.8. The van der Waals surface area contributed by atoms with E-state index in [0.717, 1.165) is 29.9 Å². The predicted octanol–water partition coefficient (Wildman–Crippen LogP) is 3.41. The van der Waals surface area contributed by atoms with Crippen LogP contribution in [0.4, 0.5) is 0 Å². The number of para-hydroxylation sites is 1. The molecule has 1 aliphatic heterocycles. The zero-order valence-corrected chi connectivity index (χ0v) is 14.1. The molecule has 0 amide bonds. The van der Waals surface area contributed by atoms with Crippen molar-refractivity contribution < 1.29 is 13.9 Å². The van der Waals surface area contributed by atoms with E-state index in [1.165, 1.54) is 18.1 Å². The van der Waals surface area contributed by atoms with Crippen molar-refractivity contribution in [1.29, 1.82) is 0 Å². The molecule has 0 radical (unpaired) electrons. The summed E-state index contributed by atoms with van der Waals surface area (Å²) in [5, 5.41) is 1.13. The highest BCUT2D eigenvalue weighted by Gasteiger charge is 2.30. The molecule has 0 bridgehead atoms. The minimum atomic E-state index is -0.478. The van der Waals surface area contributed by atoms with Crippen LogP contribution in [0.3, 0.4) is 0 Å². The summed E-state index contributed by atoms with van der Waals surface area (Å²) in [7, 11) is 1.33. The number of carbonyl (C=O) groups excluding carboxylic acids is 1. The summed E-state index contributed by atoms with van der Waals surface area (Å²) in [5.41, 5.74) is 1.26. The largest absolute Gasteiger partial charge is 0.464 e. The first kappa shape index (κ1) is 15.3. The first-order chi connectivity index (χ1) is 11.7. The number of fused-ring (bicyclic) bond motifs is 1. The zero-order valence-electron chi connectivity index (χ0n) is 13.3.